The number of hydrogen-bond acceptors (Lipinski definition) is 3. The summed E-state index contributed by atoms with van der Waals surface area (Å²) < 4.78 is 0. The van der Waals surface area contributed by atoms with E-state index in [-0.39, 0.29) is 0 Å². The second-order valence-corrected chi connectivity index (χ2v) is 8.66. The molecule has 0 aliphatic carbocycles. The van der Waals surface area contributed by atoms with E-state index in [1.54, 1.807) is 0 Å². The second kappa shape index (κ2) is 7.38. The van der Waals surface area contributed by atoms with Gasteiger partial charge in [0, 0.05) is 31.1 Å². The summed E-state index contributed by atoms with van der Waals surface area (Å²) in [7, 11) is 0. The highest BCUT2D eigenvalue weighted by Gasteiger charge is 2.52. The predicted molar refractivity (Wildman–Crippen MR) is 111 cm³/mol. The number of benzene rings is 2. The van der Waals surface area contributed by atoms with Gasteiger partial charge in [0.1, 0.15) is 0 Å². The van der Waals surface area contributed by atoms with E-state index < -0.39 is 0 Å². The van der Waals surface area contributed by atoms with E-state index >= 15 is 0 Å². The van der Waals surface area contributed by atoms with Gasteiger partial charge < -0.3 is 5.73 Å². The summed E-state index contributed by atoms with van der Waals surface area (Å²) in [5.41, 5.74) is 10.1. The zero-order valence-corrected chi connectivity index (χ0v) is 16.1. The van der Waals surface area contributed by atoms with Gasteiger partial charge in [0.15, 0.2) is 0 Å². The molecule has 4 saturated heterocycles. The Hall–Kier alpha value is -1.68. The van der Waals surface area contributed by atoms with Crippen LogP contribution in [0.3, 0.4) is 0 Å². The molecular weight excluding hydrogens is 330 g/mol. The Bertz CT molecular complexity index is 766. The third-order valence-electron chi connectivity index (χ3n) is 7.13. The van der Waals surface area contributed by atoms with Crippen molar-refractivity contribution in [3.63, 3.8) is 0 Å². The zero-order chi connectivity index (χ0) is 18.2. The first kappa shape index (κ1) is 17.4. The minimum Gasteiger partial charge on any atom is -0.330 e. The first-order valence-corrected chi connectivity index (χ1v) is 10.6. The highest BCUT2D eigenvalue weighted by Crippen LogP contribution is 2.46. The first-order valence-electron chi connectivity index (χ1n) is 10.6. The Kier molecular flexibility index (Phi) is 4.76. The summed E-state index contributed by atoms with van der Waals surface area (Å²) in [5, 5.41) is 0. The summed E-state index contributed by atoms with van der Waals surface area (Å²) >= 11 is 0. The molecule has 2 aromatic carbocycles. The van der Waals surface area contributed by atoms with E-state index in [2.05, 4.69) is 64.4 Å². The summed E-state index contributed by atoms with van der Waals surface area (Å²) in [6.07, 6.45) is 3.74. The largest absolute Gasteiger partial charge is 0.330 e. The molecule has 0 unspecified atom stereocenters. The molecule has 0 saturated carbocycles. The molecule has 2 aromatic rings. The number of likely N-dealkylation sites (tertiary alicyclic amines) is 1. The Morgan fingerprint density at radius 2 is 1.67 bits per heavy atom. The fourth-order valence-electron chi connectivity index (χ4n) is 6.00. The van der Waals surface area contributed by atoms with E-state index in [1.807, 2.05) is 0 Å². The van der Waals surface area contributed by atoms with Gasteiger partial charge in [0.2, 0.25) is 0 Å². The molecule has 6 rings (SSSR count). The molecule has 3 atom stereocenters. The van der Waals surface area contributed by atoms with Crippen LogP contribution in [0.15, 0.2) is 54.6 Å². The van der Waals surface area contributed by atoms with E-state index in [4.69, 9.17) is 5.73 Å². The van der Waals surface area contributed by atoms with Crippen LogP contribution in [-0.4, -0.2) is 48.1 Å². The lowest BCUT2D eigenvalue weighted by Gasteiger charge is -2.51. The lowest BCUT2D eigenvalue weighted by Crippen LogP contribution is -2.59. The molecule has 0 radical (unpaired) electrons. The van der Waals surface area contributed by atoms with Crippen LogP contribution < -0.4 is 5.73 Å². The normalized spacial score (nSPS) is 32.6. The third kappa shape index (κ3) is 3.22. The van der Waals surface area contributed by atoms with Crippen molar-refractivity contribution in [1.82, 2.24) is 9.80 Å². The van der Waals surface area contributed by atoms with Crippen LogP contribution in [0.2, 0.25) is 0 Å². The fraction of sp³-hybridized carbons (Fsp3) is 0.500. The molecule has 0 amide bonds. The van der Waals surface area contributed by atoms with Gasteiger partial charge in [0.05, 0.1) is 0 Å². The molecule has 142 valence electrons. The van der Waals surface area contributed by atoms with Crippen molar-refractivity contribution in [1.29, 1.82) is 0 Å². The highest BCUT2D eigenvalue weighted by atomic mass is 15.3. The Morgan fingerprint density at radius 1 is 0.889 bits per heavy atom. The lowest BCUT2D eigenvalue weighted by molar-refractivity contribution is -0.00869. The molecule has 3 heteroatoms. The van der Waals surface area contributed by atoms with Crippen molar-refractivity contribution in [2.45, 2.75) is 43.8 Å². The summed E-state index contributed by atoms with van der Waals surface area (Å²) in [5.74, 6) is 1.52. The van der Waals surface area contributed by atoms with Crippen LogP contribution >= 0.6 is 0 Å². The van der Waals surface area contributed by atoms with Crippen molar-refractivity contribution in [3.8, 4) is 0 Å². The van der Waals surface area contributed by atoms with Crippen LogP contribution in [0.4, 0.5) is 0 Å². The van der Waals surface area contributed by atoms with E-state index in [9.17, 15) is 0 Å². The zero-order valence-electron chi connectivity index (χ0n) is 16.1. The van der Waals surface area contributed by atoms with Gasteiger partial charge in [-0.25, -0.2) is 0 Å². The molecule has 2 bridgehead atoms. The highest BCUT2D eigenvalue weighted by molar-refractivity contribution is 5.29. The maximum Gasteiger partial charge on any atom is 0.0335 e. The molecule has 2 N–H and O–H groups in total. The topological polar surface area (TPSA) is 32.5 Å². The van der Waals surface area contributed by atoms with Crippen LogP contribution in [0, 0.1) is 5.92 Å². The summed E-state index contributed by atoms with van der Waals surface area (Å²) in [4.78, 5) is 5.60. The number of rotatable bonds is 5. The van der Waals surface area contributed by atoms with E-state index in [1.165, 1.54) is 49.2 Å². The maximum absolute atomic E-state index is 5.77. The molecule has 0 spiro atoms. The maximum atomic E-state index is 5.77. The van der Waals surface area contributed by atoms with Gasteiger partial charge in [0.25, 0.3) is 0 Å². The van der Waals surface area contributed by atoms with Gasteiger partial charge in [-0.05, 0) is 61.5 Å². The Morgan fingerprint density at radius 3 is 2.44 bits per heavy atom. The van der Waals surface area contributed by atoms with Crippen LogP contribution in [-0.2, 0) is 13.0 Å². The second-order valence-electron chi connectivity index (χ2n) is 8.66. The van der Waals surface area contributed by atoms with Crippen LogP contribution in [0.1, 0.15) is 35.4 Å². The monoisotopic (exact) mass is 361 g/mol. The molecular formula is C24H31N3. The molecule has 4 fully saturated rings. The minimum absolute atomic E-state index is 0.645. The molecule has 4 heterocycles. The molecule has 0 aromatic heterocycles. The SMILES string of the molecule is NCCc1cccc(CN2C[C@H](c3ccccc3)[C@H]3[C@@H]2C2CCN3CC2)c1. The number of nitrogens with two attached hydrogens (primary N) is 1. The van der Waals surface area contributed by atoms with E-state index in [0.717, 1.165) is 31.5 Å². The molecule has 4 aliphatic heterocycles. The van der Waals surface area contributed by atoms with Crippen molar-refractivity contribution in [2.24, 2.45) is 11.7 Å². The molecule has 3 nitrogen and oxygen atoms in total. The van der Waals surface area contributed by atoms with Gasteiger partial charge in [-0.2, -0.15) is 0 Å². The van der Waals surface area contributed by atoms with Crippen molar-refractivity contribution in [3.05, 3.63) is 71.3 Å². The summed E-state index contributed by atoms with van der Waals surface area (Å²) in [6.45, 7) is 5.59. The average Bonchev–Trinajstić information content (AvgIpc) is 3.12. The van der Waals surface area contributed by atoms with Crippen LogP contribution in [0.5, 0.6) is 0 Å². The first-order chi connectivity index (χ1) is 13.3. The molecule has 4 aliphatic rings. The van der Waals surface area contributed by atoms with E-state index in [0.29, 0.717) is 12.0 Å². The summed E-state index contributed by atoms with van der Waals surface area (Å²) in [6, 6.07) is 21.8. The smallest absolute Gasteiger partial charge is 0.0335 e. The van der Waals surface area contributed by atoms with Gasteiger partial charge in [-0.3, -0.25) is 9.80 Å². The Balaban J connectivity index is 1.43. The molecule has 27 heavy (non-hydrogen) atoms. The predicted octanol–water partition coefficient (Wildman–Crippen LogP) is 3.25. The average molecular weight is 362 g/mol. The number of hydrogen-bond donors (Lipinski definition) is 1. The fourth-order valence-corrected chi connectivity index (χ4v) is 6.00. The Labute approximate surface area is 163 Å². The van der Waals surface area contributed by atoms with Gasteiger partial charge in [-0.1, -0.05) is 54.6 Å². The number of nitrogens with zero attached hydrogens (tertiary/aromatic N) is 2. The number of fused-ring (bicyclic) bond motifs is 2. The van der Waals surface area contributed by atoms with Crippen LogP contribution in [0.25, 0.3) is 0 Å². The third-order valence-corrected chi connectivity index (χ3v) is 7.13. The van der Waals surface area contributed by atoms with Gasteiger partial charge >= 0.3 is 0 Å². The van der Waals surface area contributed by atoms with Gasteiger partial charge in [-0.15, -0.1) is 0 Å². The lowest BCUT2D eigenvalue weighted by atomic mass is 9.75. The standard InChI is InChI=1S/C24H31N3/c25-12-9-18-5-4-6-19(15-18)16-27-17-22(20-7-2-1-3-8-20)24-23(27)21-10-13-26(24)14-11-21/h1-8,15,21-24H,9-14,16-17,25H2/t22-,23+,24+/m1/s1. The van der Waals surface area contributed by atoms with Crippen molar-refractivity contribution in [2.75, 3.05) is 26.2 Å². The van der Waals surface area contributed by atoms with Crippen molar-refractivity contribution >= 4 is 0 Å². The number of piperidine rings is 3. The van der Waals surface area contributed by atoms with Crippen molar-refractivity contribution < 1.29 is 0 Å². The quantitative estimate of drug-likeness (QED) is 0.887. The minimum atomic E-state index is 0.645.